The molecular formula is C13H25N3O. The maximum absolute atomic E-state index is 12.2. The van der Waals surface area contributed by atoms with Crippen LogP contribution in [-0.2, 0) is 4.79 Å². The molecule has 1 saturated carbocycles. The fraction of sp³-hybridized carbons (Fsp3) is 0.923. The quantitative estimate of drug-likeness (QED) is 0.762. The van der Waals surface area contributed by atoms with Gasteiger partial charge in [-0.25, -0.2) is 0 Å². The molecule has 0 aromatic carbocycles. The Morgan fingerprint density at radius 3 is 2.59 bits per heavy atom. The normalized spacial score (nSPS) is 34.1. The van der Waals surface area contributed by atoms with E-state index in [9.17, 15) is 4.79 Å². The summed E-state index contributed by atoms with van der Waals surface area (Å²) in [4.78, 5) is 14.5. The molecule has 1 saturated heterocycles. The number of hydrogen-bond donors (Lipinski definition) is 2. The predicted octanol–water partition coefficient (Wildman–Crippen LogP) is 0.713. The number of rotatable bonds is 3. The van der Waals surface area contributed by atoms with E-state index in [4.69, 9.17) is 5.73 Å². The van der Waals surface area contributed by atoms with E-state index in [1.54, 1.807) is 0 Å². The van der Waals surface area contributed by atoms with Crippen molar-refractivity contribution in [2.45, 2.75) is 57.2 Å². The second kappa shape index (κ2) is 4.58. The van der Waals surface area contributed by atoms with Crippen LogP contribution in [0.25, 0.3) is 0 Å². The van der Waals surface area contributed by atoms with Crippen molar-refractivity contribution in [3.63, 3.8) is 0 Å². The molecule has 4 heteroatoms. The molecule has 2 aliphatic rings. The number of piperidine rings is 1. The maximum Gasteiger partial charge on any atom is 0.240 e. The molecule has 98 valence electrons. The molecule has 0 radical (unpaired) electrons. The Kier molecular flexibility index (Phi) is 3.46. The molecule has 3 N–H and O–H groups in total. The standard InChI is InChI=1S/C13H25N3O/c1-9-8-11(6-7-16(9)3)15-12(17)13(2,14)10-4-5-10/h9-11H,4-8,14H2,1-3H3,(H,15,17). The van der Waals surface area contributed by atoms with Gasteiger partial charge in [0, 0.05) is 18.6 Å². The van der Waals surface area contributed by atoms with E-state index in [2.05, 4.69) is 24.2 Å². The predicted molar refractivity (Wildman–Crippen MR) is 68.6 cm³/mol. The van der Waals surface area contributed by atoms with E-state index in [0.29, 0.717) is 18.0 Å². The number of amides is 1. The zero-order valence-electron chi connectivity index (χ0n) is 11.2. The van der Waals surface area contributed by atoms with Crippen molar-refractivity contribution in [1.29, 1.82) is 0 Å². The van der Waals surface area contributed by atoms with E-state index in [1.807, 2.05) is 6.92 Å². The smallest absolute Gasteiger partial charge is 0.240 e. The summed E-state index contributed by atoms with van der Waals surface area (Å²) in [5, 5.41) is 3.14. The van der Waals surface area contributed by atoms with Crippen molar-refractivity contribution in [2.24, 2.45) is 11.7 Å². The Morgan fingerprint density at radius 1 is 1.41 bits per heavy atom. The van der Waals surface area contributed by atoms with Crippen molar-refractivity contribution in [2.75, 3.05) is 13.6 Å². The van der Waals surface area contributed by atoms with Gasteiger partial charge in [0.25, 0.3) is 0 Å². The molecule has 0 spiro atoms. The number of nitrogens with two attached hydrogens (primary N) is 1. The van der Waals surface area contributed by atoms with Crippen LogP contribution in [0.15, 0.2) is 0 Å². The van der Waals surface area contributed by atoms with E-state index in [-0.39, 0.29) is 5.91 Å². The van der Waals surface area contributed by atoms with Crippen LogP contribution < -0.4 is 11.1 Å². The largest absolute Gasteiger partial charge is 0.352 e. The fourth-order valence-corrected chi connectivity index (χ4v) is 2.63. The van der Waals surface area contributed by atoms with Crippen LogP contribution in [0, 0.1) is 5.92 Å². The third kappa shape index (κ3) is 2.80. The summed E-state index contributed by atoms with van der Waals surface area (Å²) in [6, 6.07) is 0.842. The zero-order chi connectivity index (χ0) is 12.6. The van der Waals surface area contributed by atoms with E-state index < -0.39 is 5.54 Å². The van der Waals surface area contributed by atoms with E-state index in [1.165, 1.54) is 0 Å². The topological polar surface area (TPSA) is 58.4 Å². The molecule has 1 aliphatic heterocycles. The van der Waals surface area contributed by atoms with Gasteiger partial charge < -0.3 is 16.0 Å². The van der Waals surface area contributed by atoms with Crippen LogP contribution in [-0.4, -0.2) is 42.0 Å². The molecule has 17 heavy (non-hydrogen) atoms. The van der Waals surface area contributed by atoms with Crippen molar-refractivity contribution >= 4 is 5.91 Å². The number of nitrogens with zero attached hydrogens (tertiary/aromatic N) is 1. The number of nitrogens with one attached hydrogen (secondary N) is 1. The van der Waals surface area contributed by atoms with Crippen molar-refractivity contribution in [1.82, 2.24) is 10.2 Å². The summed E-state index contributed by atoms with van der Waals surface area (Å²) in [6.45, 7) is 5.13. The van der Waals surface area contributed by atoms with Crippen LogP contribution >= 0.6 is 0 Å². The van der Waals surface area contributed by atoms with Crippen LogP contribution in [0.3, 0.4) is 0 Å². The molecule has 0 bridgehead atoms. The Bertz CT molecular complexity index is 299. The molecule has 4 nitrogen and oxygen atoms in total. The second-order valence-corrected chi connectivity index (χ2v) is 6.08. The summed E-state index contributed by atoms with van der Waals surface area (Å²) in [7, 11) is 2.14. The van der Waals surface area contributed by atoms with Crippen LogP contribution in [0.5, 0.6) is 0 Å². The molecular weight excluding hydrogens is 214 g/mol. The van der Waals surface area contributed by atoms with Crippen molar-refractivity contribution in [3.8, 4) is 0 Å². The average molecular weight is 239 g/mol. The number of likely N-dealkylation sites (tertiary alicyclic amines) is 1. The first-order valence-electron chi connectivity index (χ1n) is 6.71. The molecule has 1 heterocycles. The number of hydrogen-bond acceptors (Lipinski definition) is 3. The van der Waals surface area contributed by atoms with Gasteiger partial charge in [-0.3, -0.25) is 4.79 Å². The Labute approximate surface area is 104 Å². The summed E-state index contributed by atoms with van der Waals surface area (Å²) < 4.78 is 0. The minimum atomic E-state index is -0.660. The molecule has 3 atom stereocenters. The molecule has 1 aliphatic carbocycles. The SMILES string of the molecule is CC1CC(NC(=O)C(C)(N)C2CC2)CCN1C. The first-order valence-corrected chi connectivity index (χ1v) is 6.71. The minimum Gasteiger partial charge on any atom is -0.352 e. The summed E-state index contributed by atoms with van der Waals surface area (Å²) in [5.41, 5.74) is 5.46. The highest BCUT2D eigenvalue weighted by molar-refractivity contribution is 5.86. The van der Waals surface area contributed by atoms with Crippen molar-refractivity contribution in [3.05, 3.63) is 0 Å². The zero-order valence-corrected chi connectivity index (χ0v) is 11.2. The molecule has 1 amide bonds. The highest BCUT2D eigenvalue weighted by Gasteiger charge is 2.44. The van der Waals surface area contributed by atoms with Crippen LogP contribution in [0.4, 0.5) is 0 Å². The Morgan fingerprint density at radius 2 is 2.06 bits per heavy atom. The lowest BCUT2D eigenvalue weighted by atomic mass is 9.93. The number of carbonyl (C=O) groups is 1. The Balaban J connectivity index is 1.86. The van der Waals surface area contributed by atoms with E-state index in [0.717, 1.165) is 32.2 Å². The average Bonchev–Trinajstić information content (AvgIpc) is 3.07. The van der Waals surface area contributed by atoms with E-state index >= 15 is 0 Å². The summed E-state index contributed by atoms with van der Waals surface area (Å²) in [6.07, 6.45) is 4.27. The van der Waals surface area contributed by atoms with Gasteiger partial charge >= 0.3 is 0 Å². The third-order valence-corrected chi connectivity index (χ3v) is 4.46. The molecule has 2 rings (SSSR count). The summed E-state index contributed by atoms with van der Waals surface area (Å²) in [5.74, 6) is 0.438. The third-order valence-electron chi connectivity index (χ3n) is 4.46. The van der Waals surface area contributed by atoms with Crippen LogP contribution in [0.1, 0.15) is 39.5 Å². The summed E-state index contributed by atoms with van der Waals surface area (Å²) >= 11 is 0. The molecule has 2 fully saturated rings. The fourth-order valence-electron chi connectivity index (χ4n) is 2.63. The van der Waals surface area contributed by atoms with Gasteiger partial charge in [-0.15, -0.1) is 0 Å². The monoisotopic (exact) mass is 239 g/mol. The lowest BCUT2D eigenvalue weighted by Crippen LogP contribution is -2.57. The Hall–Kier alpha value is -0.610. The molecule has 0 aromatic rings. The first-order chi connectivity index (χ1) is 7.91. The maximum atomic E-state index is 12.2. The van der Waals surface area contributed by atoms with Gasteiger partial charge in [0.1, 0.15) is 0 Å². The minimum absolute atomic E-state index is 0.0433. The van der Waals surface area contributed by atoms with Gasteiger partial charge in [0.2, 0.25) is 5.91 Å². The van der Waals surface area contributed by atoms with Crippen LogP contribution in [0.2, 0.25) is 0 Å². The lowest BCUT2D eigenvalue weighted by Gasteiger charge is -2.36. The first kappa shape index (κ1) is 12.8. The highest BCUT2D eigenvalue weighted by Crippen LogP contribution is 2.38. The second-order valence-electron chi connectivity index (χ2n) is 6.08. The van der Waals surface area contributed by atoms with Crippen molar-refractivity contribution < 1.29 is 4.79 Å². The van der Waals surface area contributed by atoms with Gasteiger partial charge in [-0.1, -0.05) is 0 Å². The highest BCUT2D eigenvalue weighted by atomic mass is 16.2. The number of carbonyl (C=O) groups excluding carboxylic acids is 1. The van der Waals surface area contributed by atoms with Gasteiger partial charge in [-0.2, -0.15) is 0 Å². The molecule has 0 aromatic heterocycles. The van der Waals surface area contributed by atoms with Gasteiger partial charge in [-0.05, 0) is 52.5 Å². The lowest BCUT2D eigenvalue weighted by molar-refractivity contribution is -0.127. The van der Waals surface area contributed by atoms with Gasteiger partial charge in [0.05, 0.1) is 5.54 Å². The molecule has 3 unspecified atom stereocenters. The van der Waals surface area contributed by atoms with Gasteiger partial charge in [0.15, 0.2) is 0 Å².